The zero-order chi connectivity index (χ0) is 19.8. The first-order valence-electron chi connectivity index (χ1n) is 9.35. The van der Waals surface area contributed by atoms with E-state index in [-0.39, 0.29) is 35.4 Å². The lowest BCUT2D eigenvalue weighted by atomic mass is 9.91. The minimum Gasteiger partial charge on any atom is -0.369 e. The summed E-state index contributed by atoms with van der Waals surface area (Å²) < 4.78 is 0. The van der Waals surface area contributed by atoms with E-state index in [4.69, 9.17) is 0 Å². The van der Waals surface area contributed by atoms with Crippen molar-refractivity contribution >= 4 is 45.5 Å². The van der Waals surface area contributed by atoms with Crippen molar-refractivity contribution < 1.29 is 14.4 Å². The van der Waals surface area contributed by atoms with E-state index in [2.05, 4.69) is 21.8 Å². The number of carbonyl (C=O) groups excluding carboxylic acids is 3. The maximum absolute atomic E-state index is 12.8. The Labute approximate surface area is 167 Å². The summed E-state index contributed by atoms with van der Waals surface area (Å²) >= 11 is 0.957. The Balaban J connectivity index is 1.50. The monoisotopic (exact) mass is 401 g/mol. The van der Waals surface area contributed by atoms with Crippen LogP contribution >= 0.6 is 11.8 Å². The number of aromatic nitrogens is 2. The Morgan fingerprint density at radius 3 is 2.96 bits per heavy atom. The molecule has 0 bridgehead atoms. The second kappa shape index (κ2) is 7.46. The molecule has 2 aromatic rings. The molecule has 2 aromatic heterocycles. The van der Waals surface area contributed by atoms with Crippen molar-refractivity contribution in [2.75, 3.05) is 37.3 Å². The molecule has 0 aromatic carbocycles. The summed E-state index contributed by atoms with van der Waals surface area (Å²) in [6, 6.07) is 4.13. The minimum absolute atomic E-state index is 0.128. The summed E-state index contributed by atoms with van der Waals surface area (Å²) in [5.41, 5.74) is 1.91. The molecule has 0 spiro atoms. The Morgan fingerprint density at radius 2 is 2.21 bits per heavy atom. The normalized spacial score (nSPS) is 22.9. The average Bonchev–Trinajstić information content (AvgIpc) is 3.29. The number of piperidine rings is 1. The summed E-state index contributed by atoms with van der Waals surface area (Å²) in [7, 11) is 2.04. The van der Waals surface area contributed by atoms with Crippen LogP contribution in [0.15, 0.2) is 24.5 Å². The molecule has 2 aliphatic heterocycles. The van der Waals surface area contributed by atoms with Gasteiger partial charge < -0.3 is 14.8 Å². The number of pyridine rings is 1. The van der Waals surface area contributed by atoms with E-state index >= 15 is 0 Å². The van der Waals surface area contributed by atoms with E-state index in [1.165, 1.54) is 0 Å². The lowest BCUT2D eigenvalue weighted by molar-refractivity contribution is -0.137. The zero-order valence-electron chi connectivity index (χ0n) is 15.9. The number of fused-ring (bicyclic) bond motifs is 1. The molecule has 2 saturated heterocycles. The van der Waals surface area contributed by atoms with Crippen LogP contribution < -0.4 is 4.90 Å². The molecular formula is C19H23N5O3S. The van der Waals surface area contributed by atoms with E-state index in [1.54, 1.807) is 11.1 Å². The highest BCUT2D eigenvalue weighted by Crippen LogP contribution is 2.30. The van der Waals surface area contributed by atoms with Crippen molar-refractivity contribution in [2.24, 2.45) is 5.92 Å². The third kappa shape index (κ3) is 3.34. The van der Waals surface area contributed by atoms with E-state index in [9.17, 15) is 14.4 Å². The van der Waals surface area contributed by atoms with Gasteiger partial charge in [0.05, 0.1) is 5.75 Å². The number of H-pyrrole nitrogens is 1. The van der Waals surface area contributed by atoms with Crippen molar-refractivity contribution in [3.05, 3.63) is 24.5 Å². The number of aromatic amines is 1. The average molecular weight is 401 g/mol. The van der Waals surface area contributed by atoms with Gasteiger partial charge in [0.1, 0.15) is 12.2 Å². The van der Waals surface area contributed by atoms with Gasteiger partial charge in [-0.2, -0.15) is 0 Å². The number of nitrogens with one attached hydrogen (secondary N) is 1. The molecule has 2 aliphatic rings. The molecule has 0 radical (unpaired) electrons. The zero-order valence-corrected chi connectivity index (χ0v) is 16.7. The maximum Gasteiger partial charge on any atom is 0.289 e. The highest BCUT2D eigenvalue weighted by molar-refractivity contribution is 8.14. The number of likely N-dealkylation sites (tertiary alicyclic amines) is 1. The van der Waals surface area contributed by atoms with Crippen molar-refractivity contribution in [1.29, 1.82) is 0 Å². The Hall–Kier alpha value is -2.55. The van der Waals surface area contributed by atoms with E-state index in [1.807, 2.05) is 25.4 Å². The summed E-state index contributed by atoms with van der Waals surface area (Å²) in [6.45, 7) is 3.24. The summed E-state index contributed by atoms with van der Waals surface area (Å²) in [6.07, 6.45) is 4.53. The Bertz CT molecular complexity index is 913. The number of thioether (sulfide) groups is 1. The van der Waals surface area contributed by atoms with Crippen LogP contribution in [0.1, 0.15) is 13.3 Å². The largest absolute Gasteiger partial charge is 0.369 e. The third-order valence-corrected chi connectivity index (χ3v) is 6.58. The van der Waals surface area contributed by atoms with Gasteiger partial charge in [-0.25, -0.2) is 4.98 Å². The van der Waals surface area contributed by atoms with Gasteiger partial charge in [0, 0.05) is 49.6 Å². The number of imide groups is 1. The van der Waals surface area contributed by atoms with Crippen LogP contribution in [0.4, 0.5) is 10.5 Å². The first-order valence-corrected chi connectivity index (χ1v) is 10.3. The second-order valence-electron chi connectivity index (χ2n) is 7.39. The predicted molar refractivity (Wildman–Crippen MR) is 108 cm³/mol. The fourth-order valence-electron chi connectivity index (χ4n) is 3.98. The van der Waals surface area contributed by atoms with Gasteiger partial charge >= 0.3 is 0 Å². The van der Waals surface area contributed by atoms with Crippen LogP contribution in [0.2, 0.25) is 0 Å². The molecule has 2 fully saturated rings. The molecular weight excluding hydrogens is 378 g/mol. The van der Waals surface area contributed by atoms with Crippen LogP contribution in [0.3, 0.4) is 0 Å². The predicted octanol–water partition coefficient (Wildman–Crippen LogP) is 1.93. The topological polar surface area (TPSA) is 89.6 Å². The molecule has 3 amide bonds. The van der Waals surface area contributed by atoms with Crippen LogP contribution in [0, 0.1) is 5.92 Å². The van der Waals surface area contributed by atoms with Crippen molar-refractivity contribution in [2.45, 2.75) is 19.4 Å². The number of rotatable bonds is 4. The van der Waals surface area contributed by atoms with Crippen LogP contribution in [-0.4, -0.2) is 75.3 Å². The van der Waals surface area contributed by atoms with Crippen molar-refractivity contribution in [1.82, 2.24) is 19.8 Å². The van der Waals surface area contributed by atoms with Crippen LogP contribution in [0.25, 0.3) is 11.0 Å². The first-order chi connectivity index (χ1) is 13.5. The van der Waals surface area contributed by atoms with Gasteiger partial charge in [-0.1, -0.05) is 18.7 Å². The molecule has 4 heterocycles. The van der Waals surface area contributed by atoms with Gasteiger partial charge in [0.2, 0.25) is 11.8 Å². The highest BCUT2D eigenvalue weighted by atomic mass is 32.2. The van der Waals surface area contributed by atoms with Gasteiger partial charge in [0.25, 0.3) is 5.24 Å². The molecule has 2 atom stereocenters. The highest BCUT2D eigenvalue weighted by Gasteiger charge is 2.36. The standard InChI is InChI=1S/C19H23N5O3S/c1-12-5-8-23(16(25)10-24-17(26)11-28-19(24)27)9-15(12)22(2)14-4-7-21-18-13(14)3-6-20-18/h3-4,6-7,12,15H,5,8-11H2,1-2H3,(H,20,21)/t12-,15+/m1/s1. The molecule has 0 unspecified atom stereocenters. The molecule has 0 aliphatic carbocycles. The third-order valence-electron chi connectivity index (χ3n) is 5.72. The molecule has 1 N–H and O–H groups in total. The van der Waals surface area contributed by atoms with Gasteiger partial charge in [0.15, 0.2) is 0 Å². The second-order valence-corrected chi connectivity index (χ2v) is 8.32. The SMILES string of the molecule is C[C@@H]1CCN(C(=O)CN2C(=O)CSC2=O)C[C@@H]1N(C)c1ccnc2[nH]ccc12. The van der Waals surface area contributed by atoms with Crippen molar-refractivity contribution in [3.8, 4) is 0 Å². The summed E-state index contributed by atoms with van der Waals surface area (Å²) in [5, 5.41) is 0.718. The fourth-order valence-corrected chi connectivity index (χ4v) is 4.71. The quantitative estimate of drug-likeness (QED) is 0.842. The molecule has 0 saturated carbocycles. The first kappa shape index (κ1) is 18.8. The summed E-state index contributed by atoms with van der Waals surface area (Å²) in [5.74, 6) is 0.0790. The lowest BCUT2D eigenvalue weighted by Gasteiger charge is -2.43. The number of hydrogen-bond donors (Lipinski definition) is 1. The summed E-state index contributed by atoms with van der Waals surface area (Å²) in [4.78, 5) is 48.9. The lowest BCUT2D eigenvalue weighted by Crippen LogP contribution is -2.54. The smallest absolute Gasteiger partial charge is 0.289 e. The van der Waals surface area contributed by atoms with E-state index in [0.29, 0.717) is 19.0 Å². The molecule has 8 nitrogen and oxygen atoms in total. The molecule has 4 rings (SSSR count). The number of anilines is 1. The number of hydrogen-bond acceptors (Lipinski definition) is 6. The Morgan fingerprint density at radius 1 is 1.39 bits per heavy atom. The maximum atomic E-state index is 12.8. The Kier molecular flexibility index (Phi) is 5.01. The molecule has 148 valence electrons. The van der Waals surface area contributed by atoms with Crippen molar-refractivity contribution in [3.63, 3.8) is 0 Å². The molecule has 9 heteroatoms. The van der Waals surface area contributed by atoms with Gasteiger partial charge in [-0.05, 0) is 24.5 Å². The van der Waals surface area contributed by atoms with E-state index < -0.39 is 0 Å². The molecule has 28 heavy (non-hydrogen) atoms. The fraction of sp³-hybridized carbons (Fsp3) is 0.474. The van der Waals surface area contributed by atoms with Gasteiger partial charge in [-0.15, -0.1) is 0 Å². The van der Waals surface area contributed by atoms with Crippen LogP contribution in [0.5, 0.6) is 0 Å². The van der Waals surface area contributed by atoms with Gasteiger partial charge in [-0.3, -0.25) is 19.3 Å². The van der Waals surface area contributed by atoms with Crippen LogP contribution in [-0.2, 0) is 9.59 Å². The number of likely N-dealkylation sites (N-methyl/N-ethyl adjacent to an activating group) is 1. The number of carbonyl (C=O) groups is 3. The minimum atomic E-state index is -0.330. The van der Waals surface area contributed by atoms with E-state index in [0.717, 1.165) is 39.8 Å². The number of nitrogens with zero attached hydrogens (tertiary/aromatic N) is 4. The number of amides is 3.